The number of aromatic nitrogens is 4. The Labute approximate surface area is 196 Å². The molecule has 174 valence electrons. The van der Waals surface area contributed by atoms with Gasteiger partial charge in [0, 0.05) is 6.07 Å². The maximum atomic E-state index is 14.8. The summed E-state index contributed by atoms with van der Waals surface area (Å²) in [5.74, 6) is 0.487. The van der Waals surface area contributed by atoms with Gasteiger partial charge in [0.1, 0.15) is 23.6 Å². The number of anilines is 1. The van der Waals surface area contributed by atoms with Gasteiger partial charge in [-0.3, -0.25) is 4.79 Å². The van der Waals surface area contributed by atoms with Crippen LogP contribution in [0.5, 0.6) is 17.4 Å². The zero-order valence-corrected chi connectivity index (χ0v) is 19.3. The van der Waals surface area contributed by atoms with Gasteiger partial charge in [-0.2, -0.15) is 5.10 Å². The van der Waals surface area contributed by atoms with E-state index in [0.717, 1.165) is 5.56 Å². The molecule has 0 aliphatic rings. The molecule has 4 rings (SSSR count). The summed E-state index contributed by atoms with van der Waals surface area (Å²) in [7, 11) is 1.56. The highest BCUT2D eigenvalue weighted by atomic mass is 19.1. The summed E-state index contributed by atoms with van der Waals surface area (Å²) in [6, 6.07) is 11.4. The van der Waals surface area contributed by atoms with Crippen LogP contribution in [0, 0.1) is 5.82 Å². The fourth-order valence-corrected chi connectivity index (χ4v) is 3.26. The van der Waals surface area contributed by atoms with E-state index in [9.17, 15) is 9.18 Å². The van der Waals surface area contributed by atoms with Crippen LogP contribution in [-0.4, -0.2) is 33.2 Å². The third-order valence-electron chi connectivity index (χ3n) is 5.18. The zero-order valence-electron chi connectivity index (χ0n) is 19.3. The summed E-state index contributed by atoms with van der Waals surface area (Å²) in [5.41, 5.74) is 1.68. The Morgan fingerprint density at radius 1 is 1.06 bits per heavy atom. The fourth-order valence-electron chi connectivity index (χ4n) is 3.26. The zero-order chi connectivity index (χ0) is 24.3. The molecule has 0 saturated carbocycles. The number of amides is 1. The van der Waals surface area contributed by atoms with Gasteiger partial charge in [-0.25, -0.2) is 14.4 Å². The summed E-state index contributed by atoms with van der Waals surface area (Å²) in [4.78, 5) is 20.8. The van der Waals surface area contributed by atoms with E-state index in [1.165, 1.54) is 18.5 Å². The van der Waals surface area contributed by atoms with Crippen LogP contribution >= 0.6 is 0 Å². The average Bonchev–Trinajstić information content (AvgIpc) is 2.80. The molecule has 0 atom stereocenters. The molecule has 2 heterocycles. The van der Waals surface area contributed by atoms with E-state index in [0.29, 0.717) is 22.5 Å². The van der Waals surface area contributed by atoms with Crippen molar-refractivity contribution in [3.8, 4) is 17.4 Å². The van der Waals surface area contributed by atoms with Gasteiger partial charge >= 0.3 is 0 Å². The first-order valence-corrected chi connectivity index (χ1v) is 10.6. The molecular formula is C25H24FN5O3. The molecule has 0 saturated heterocycles. The first-order chi connectivity index (χ1) is 16.2. The average molecular weight is 461 g/mol. The molecule has 0 aliphatic carbocycles. The van der Waals surface area contributed by atoms with Crippen molar-refractivity contribution in [2.75, 3.05) is 12.4 Å². The van der Waals surface area contributed by atoms with Gasteiger partial charge in [-0.05, 0) is 46.9 Å². The van der Waals surface area contributed by atoms with Crippen molar-refractivity contribution in [3.05, 3.63) is 71.9 Å². The molecule has 9 heteroatoms. The van der Waals surface area contributed by atoms with Crippen molar-refractivity contribution in [2.24, 2.45) is 0 Å². The van der Waals surface area contributed by atoms with Crippen molar-refractivity contribution >= 4 is 22.6 Å². The first kappa shape index (κ1) is 23.0. The number of carbonyl (C=O) groups excluding carboxylic acids is 1. The normalized spacial score (nSPS) is 11.3. The van der Waals surface area contributed by atoms with Gasteiger partial charge in [-0.1, -0.05) is 26.8 Å². The minimum absolute atomic E-state index is 0.141. The summed E-state index contributed by atoms with van der Waals surface area (Å²) >= 11 is 0. The van der Waals surface area contributed by atoms with Gasteiger partial charge in [0.25, 0.3) is 0 Å². The Bertz CT molecular complexity index is 1350. The van der Waals surface area contributed by atoms with E-state index >= 15 is 0 Å². The van der Waals surface area contributed by atoms with Crippen LogP contribution in [0.3, 0.4) is 0 Å². The maximum absolute atomic E-state index is 14.8. The van der Waals surface area contributed by atoms with Crippen molar-refractivity contribution in [1.29, 1.82) is 0 Å². The largest absolute Gasteiger partial charge is 0.497 e. The number of nitrogens with one attached hydrogen (secondary N) is 1. The van der Waals surface area contributed by atoms with Crippen molar-refractivity contribution in [3.63, 3.8) is 0 Å². The Morgan fingerprint density at radius 3 is 2.59 bits per heavy atom. The van der Waals surface area contributed by atoms with E-state index in [1.807, 2.05) is 20.8 Å². The van der Waals surface area contributed by atoms with Crippen LogP contribution in [0.1, 0.15) is 31.9 Å². The lowest BCUT2D eigenvalue weighted by Crippen LogP contribution is -2.18. The van der Waals surface area contributed by atoms with Crippen LogP contribution in [0.4, 0.5) is 10.2 Å². The molecule has 4 aromatic rings. The van der Waals surface area contributed by atoms with Crippen LogP contribution in [0.2, 0.25) is 0 Å². The van der Waals surface area contributed by atoms with Crippen molar-refractivity contribution < 1.29 is 18.7 Å². The summed E-state index contributed by atoms with van der Waals surface area (Å²) < 4.78 is 25.8. The van der Waals surface area contributed by atoms with Gasteiger partial charge in [0.05, 0.1) is 30.6 Å². The lowest BCUT2D eigenvalue weighted by molar-refractivity contribution is -0.115. The third-order valence-corrected chi connectivity index (χ3v) is 5.18. The van der Waals surface area contributed by atoms with E-state index < -0.39 is 11.7 Å². The number of rotatable bonds is 6. The molecular weight excluding hydrogens is 437 g/mol. The minimum atomic E-state index is -0.571. The molecule has 0 bridgehead atoms. The lowest BCUT2D eigenvalue weighted by Gasteiger charge is -2.18. The SMILES string of the molecule is COc1ccc2ncnc(Oc3ccc(CC(=O)Nc4cc(C(C)(C)C)cnn4)c(F)c3)c2c1. The van der Waals surface area contributed by atoms with E-state index in [-0.39, 0.29) is 29.0 Å². The molecule has 1 N–H and O–H groups in total. The molecule has 0 aliphatic heterocycles. The molecule has 2 aromatic heterocycles. The number of carbonyl (C=O) groups is 1. The number of hydrogen-bond donors (Lipinski definition) is 1. The number of halogens is 1. The monoisotopic (exact) mass is 461 g/mol. The predicted molar refractivity (Wildman–Crippen MR) is 126 cm³/mol. The maximum Gasteiger partial charge on any atom is 0.230 e. The molecule has 0 unspecified atom stereocenters. The highest BCUT2D eigenvalue weighted by molar-refractivity contribution is 5.91. The van der Waals surface area contributed by atoms with E-state index in [2.05, 4.69) is 25.5 Å². The molecule has 34 heavy (non-hydrogen) atoms. The molecule has 0 fully saturated rings. The molecule has 8 nitrogen and oxygen atoms in total. The summed E-state index contributed by atoms with van der Waals surface area (Å²) in [6.07, 6.45) is 2.86. The summed E-state index contributed by atoms with van der Waals surface area (Å²) in [5, 5.41) is 11.2. The second-order valence-electron chi connectivity index (χ2n) is 8.72. The van der Waals surface area contributed by atoms with Crippen molar-refractivity contribution in [1.82, 2.24) is 20.2 Å². The van der Waals surface area contributed by atoms with E-state index in [4.69, 9.17) is 9.47 Å². The standard InChI is InChI=1S/C25H24FN5O3/c1-25(2,3)16-10-22(31-29-13-16)30-23(32)9-15-5-6-18(12-20(15)26)34-24-19-11-17(33-4)7-8-21(19)27-14-28-24/h5-8,10-14H,9H2,1-4H3,(H,30,31,32). The van der Waals surface area contributed by atoms with Crippen LogP contribution in [-0.2, 0) is 16.6 Å². The van der Waals surface area contributed by atoms with Crippen LogP contribution < -0.4 is 14.8 Å². The Morgan fingerprint density at radius 2 is 1.85 bits per heavy atom. The Hall–Kier alpha value is -4.14. The second kappa shape index (κ2) is 9.38. The van der Waals surface area contributed by atoms with E-state index in [1.54, 1.807) is 43.6 Å². The van der Waals surface area contributed by atoms with Gasteiger partial charge in [-0.15, -0.1) is 5.10 Å². The number of ether oxygens (including phenoxy) is 2. The third kappa shape index (κ3) is 5.25. The number of benzene rings is 2. The van der Waals surface area contributed by atoms with Crippen molar-refractivity contribution in [2.45, 2.75) is 32.6 Å². The quantitative estimate of drug-likeness (QED) is 0.439. The molecule has 0 spiro atoms. The van der Waals surface area contributed by atoms with Gasteiger partial charge < -0.3 is 14.8 Å². The number of methoxy groups -OCH3 is 1. The predicted octanol–water partition coefficient (Wildman–Crippen LogP) is 4.84. The Kier molecular flexibility index (Phi) is 6.36. The number of nitrogens with zero attached hydrogens (tertiary/aromatic N) is 4. The number of fused-ring (bicyclic) bond motifs is 1. The highest BCUT2D eigenvalue weighted by Gasteiger charge is 2.17. The van der Waals surface area contributed by atoms with Crippen LogP contribution in [0.15, 0.2) is 55.0 Å². The fraction of sp³-hybridized carbons (Fsp3) is 0.240. The smallest absolute Gasteiger partial charge is 0.230 e. The molecule has 0 radical (unpaired) electrons. The highest BCUT2D eigenvalue weighted by Crippen LogP contribution is 2.30. The summed E-state index contributed by atoms with van der Waals surface area (Å²) in [6.45, 7) is 6.11. The topological polar surface area (TPSA) is 99.1 Å². The number of hydrogen-bond acceptors (Lipinski definition) is 7. The minimum Gasteiger partial charge on any atom is -0.497 e. The molecule has 2 aromatic carbocycles. The first-order valence-electron chi connectivity index (χ1n) is 10.6. The second-order valence-corrected chi connectivity index (χ2v) is 8.72. The Balaban J connectivity index is 1.48. The van der Waals surface area contributed by atoms with Gasteiger partial charge in [0.2, 0.25) is 11.8 Å². The van der Waals surface area contributed by atoms with Crippen LogP contribution in [0.25, 0.3) is 10.9 Å². The lowest BCUT2D eigenvalue weighted by atomic mass is 9.88. The van der Waals surface area contributed by atoms with Gasteiger partial charge in [0.15, 0.2) is 5.82 Å². The molecule has 1 amide bonds.